The highest BCUT2D eigenvalue weighted by molar-refractivity contribution is 5.80. The average Bonchev–Trinajstić information content (AvgIpc) is 2.60. The minimum Gasteiger partial charge on any atom is -0.480 e. The minimum atomic E-state index is -0.853. The standard InChI is InChI=1S/C18H34N4O5/c1-3-16(23)13-20-9-11-21(14-17(24)25)7-5-19(4-2)6-8-22(12-10-20)15-18(26)27/h3-15H2,1-2H3,(H,24,25)(H,26,27). The maximum absolute atomic E-state index is 11.9. The zero-order valence-electron chi connectivity index (χ0n) is 16.6. The molecule has 1 fully saturated rings. The number of carbonyl (C=O) groups excluding carboxylic acids is 1. The fourth-order valence-corrected chi connectivity index (χ4v) is 3.11. The van der Waals surface area contributed by atoms with Crippen LogP contribution in [0.4, 0.5) is 0 Å². The number of Topliss-reactive ketones (excluding diaryl/α,β-unsaturated/α-hetero) is 1. The second kappa shape index (κ2) is 12.8. The van der Waals surface area contributed by atoms with Gasteiger partial charge in [-0.3, -0.25) is 29.1 Å². The largest absolute Gasteiger partial charge is 0.480 e. The fraction of sp³-hybridized carbons (Fsp3) is 0.833. The van der Waals surface area contributed by atoms with Crippen LogP contribution in [0.5, 0.6) is 0 Å². The van der Waals surface area contributed by atoms with Crippen molar-refractivity contribution in [2.24, 2.45) is 0 Å². The molecule has 1 rings (SSSR count). The van der Waals surface area contributed by atoms with Crippen LogP contribution in [0.15, 0.2) is 0 Å². The monoisotopic (exact) mass is 386 g/mol. The van der Waals surface area contributed by atoms with Crippen molar-refractivity contribution >= 4 is 17.7 Å². The molecule has 0 bridgehead atoms. The van der Waals surface area contributed by atoms with Gasteiger partial charge in [-0.05, 0) is 6.54 Å². The summed E-state index contributed by atoms with van der Waals surface area (Å²) >= 11 is 0. The molecular formula is C18H34N4O5. The normalized spacial score (nSPS) is 19.9. The molecule has 1 aliphatic heterocycles. The second-order valence-electron chi connectivity index (χ2n) is 6.94. The van der Waals surface area contributed by atoms with E-state index in [1.54, 1.807) is 0 Å². The van der Waals surface area contributed by atoms with E-state index in [1.165, 1.54) is 0 Å². The molecule has 0 aromatic rings. The maximum atomic E-state index is 11.9. The van der Waals surface area contributed by atoms with Crippen molar-refractivity contribution in [1.82, 2.24) is 19.6 Å². The Morgan fingerprint density at radius 3 is 1.26 bits per heavy atom. The molecule has 1 saturated heterocycles. The average molecular weight is 386 g/mol. The first-order valence-corrected chi connectivity index (χ1v) is 9.68. The molecule has 0 radical (unpaired) electrons. The molecule has 0 atom stereocenters. The van der Waals surface area contributed by atoms with E-state index in [1.807, 2.05) is 28.5 Å². The van der Waals surface area contributed by atoms with E-state index in [-0.39, 0.29) is 18.9 Å². The molecule has 9 nitrogen and oxygen atoms in total. The predicted molar refractivity (Wildman–Crippen MR) is 102 cm³/mol. The summed E-state index contributed by atoms with van der Waals surface area (Å²) in [5.74, 6) is -1.57. The molecule has 1 heterocycles. The first-order valence-electron chi connectivity index (χ1n) is 9.68. The number of aliphatic carboxylic acids is 2. The molecule has 0 spiro atoms. The Kier molecular flexibility index (Phi) is 11.1. The zero-order chi connectivity index (χ0) is 20.2. The maximum Gasteiger partial charge on any atom is 0.317 e. The molecule has 9 heteroatoms. The van der Waals surface area contributed by atoms with Gasteiger partial charge in [0.15, 0.2) is 0 Å². The van der Waals surface area contributed by atoms with Gasteiger partial charge in [0.1, 0.15) is 5.78 Å². The number of carboxylic acid groups (broad SMARTS) is 2. The molecular weight excluding hydrogens is 352 g/mol. The molecule has 0 amide bonds. The van der Waals surface area contributed by atoms with Crippen LogP contribution in [-0.4, -0.2) is 126 Å². The molecule has 156 valence electrons. The van der Waals surface area contributed by atoms with E-state index in [9.17, 15) is 14.4 Å². The summed E-state index contributed by atoms with van der Waals surface area (Å²) in [5.41, 5.74) is 0. The van der Waals surface area contributed by atoms with Crippen LogP contribution >= 0.6 is 0 Å². The summed E-state index contributed by atoms with van der Waals surface area (Å²) in [6.07, 6.45) is 0.458. The Hall–Kier alpha value is -1.55. The van der Waals surface area contributed by atoms with Crippen molar-refractivity contribution in [3.63, 3.8) is 0 Å². The Labute approximate surface area is 161 Å². The van der Waals surface area contributed by atoms with Crippen LogP contribution in [-0.2, 0) is 14.4 Å². The molecule has 0 saturated carbocycles. The summed E-state index contributed by atoms with van der Waals surface area (Å²) in [4.78, 5) is 42.2. The van der Waals surface area contributed by atoms with Crippen LogP contribution < -0.4 is 0 Å². The summed E-state index contributed by atoms with van der Waals surface area (Å²) in [5, 5.41) is 18.3. The third-order valence-corrected chi connectivity index (χ3v) is 4.89. The number of hydrogen-bond donors (Lipinski definition) is 2. The third-order valence-electron chi connectivity index (χ3n) is 4.89. The number of ketones is 1. The lowest BCUT2D eigenvalue weighted by Gasteiger charge is -2.33. The van der Waals surface area contributed by atoms with E-state index in [0.29, 0.717) is 52.2 Å². The molecule has 0 aromatic heterocycles. The topological polar surface area (TPSA) is 105 Å². The van der Waals surface area contributed by atoms with Gasteiger partial charge >= 0.3 is 11.9 Å². The molecule has 0 unspecified atom stereocenters. The van der Waals surface area contributed by atoms with Crippen molar-refractivity contribution in [3.05, 3.63) is 0 Å². The van der Waals surface area contributed by atoms with E-state index < -0.39 is 11.9 Å². The number of likely N-dealkylation sites (N-methyl/N-ethyl adjacent to an activating group) is 1. The fourth-order valence-electron chi connectivity index (χ4n) is 3.11. The van der Waals surface area contributed by atoms with E-state index >= 15 is 0 Å². The SMILES string of the molecule is CCC(=O)CN1CCN(CC(=O)O)CCN(CC)CCN(CC(=O)O)CC1. The Morgan fingerprint density at radius 1 is 0.630 bits per heavy atom. The van der Waals surface area contributed by atoms with Crippen molar-refractivity contribution in [3.8, 4) is 0 Å². The van der Waals surface area contributed by atoms with Gasteiger partial charge < -0.3 is 15.1 Å². The highest BCUT2D eigenvalue weighted by Gasteiger charge is 2.19. The Balaban J connectivity index is 2.84. The lowest BCUT2D eigenvalue weighted by Crippen LogP contribution is -2.48. The van der Waals surface area contributed by atoms with Crippen LogP contribution in [0, 0.1) is 0 Å². The van der Waals surface area contributed by atoms with Crippen LogP contribution in [0.25, 0.3) is 0 Å². The molecule has 1 aliphatic rings. The van der Waals surface area contributed by atoms with Crippen molar-refractivity contribution in [2.75, 3.05) is 78.5 Å². The van der Waals surface area contributed by atoms with Crippen LogP contribution in [0.3, 0.4) is 0 Å². The van der Waals surface area contributed by atoms with Gasteiger partial charge in [-0.2, -0.15) is 0 Å². The van der Waals surface area contributed by atoms with Crippen LogP contribution in [0.2, 0.25) is 0 Å². The van der Waals surface area contributed by atoms with Gasteiger partial charge in [0, 0.05) is 58.8 Å². The number of hydrogen-bond acceptors (Lipinski definition) is 7. The number of carbonyl (C=O) groups is 3. The van der Waals surface area contributed by atoms with Crippen molar-refractivity contribution in [1.29, 1.82) is 0 Å². The molecule has 0 aliphatic carbocycles. The lowest BCUT2D eigenvalue weighted by molar-refractivity contribution is -0.139. The van der Waals surface area contributed by atoms with Gasteiger partial charge in [-0.1, -0.05) is 13.8 Å². The lowest BCUT2D eigenvalue weighted by atomic mass is 10.2. The predicted octanol–water partition coefficient (Wildman–Crippen LogP) is -0.624. The summed E-state index contributed by atoms with van der Waals surface area (Å²) in [6.45, 7) is 10.0. The first kappa shape index (κ1) is 23.5. The number of rotatable bonds is 8. The molecule has 2 N–H and O–H groups in total. The summed E-state index contributed by atoms with van der Waals surface area (Å²) in [6, 6.07) is 0. The minimum absolute atomic E-state index is 0.0156. The Bertz CT molecular complexity index is 456. The highest BCUT2D eigenvalue weighted by Crippen LogP contribution is 2.01. The van der Waals surface area contributed by atoms with Gasteiger partial charge in [0.05, 0.1) is 19.6 Å². The van der Waals surface area contributed by atoms with Gasteiger partial charge in [-0.15, -0.1) is 0 Å². The smallest absolute Gasteiger partial charge is 0.317 e. The zero-order valence-corrected chi connectivity index (χ0v) is 16.6. The highest BCUT2D eigenvalue weighted by atomic mass is 16.4. The second-order valence-corrected chi connectivity index (χ2v) is 6.94. The van der Waals surface area contributed by atoms with Gasteiger partial charge in [0.25, 0.3) is 0 Å². The summed E-state index contributed by atoms with van der Waals surface area (Å²) in [7, 11) is 0. The van der Waals surface area contributed by atoms with Crippen molar-refractivity contribution < 1.29 is 24.6 Å². The summed E-state index contributed by atoms with van der Waals surface area (Å²) < 4.78 is 0. The van der Waals surface area contributed by atoms with E-state index in [2.05, 4.69) is 4.90 Å². The molecule has 27 heavy (non-hydrogen) atoms. The third kappa shape index (κ3) is 10.4. The van der Waals surface area contributed by atoms with Crippen LogP contribution in [0.1, 0.15) is 20.3 Å². The number of carboxylic acids is 2. The first-order chi connectivity index (χ1) is 12.8. The van der Waals surface area contributed by atoms with Gasteiger partial charge in [0.2, 0.25) is 0 Å². The van der Waals surface area contributed by atoms with E-state index in [0.717, 1.165) is 19.6 Å². The van der Waals surface area contributed by atoms with Crippen molar-refractivity contribution in [2.45, 2.75) is 20.3 Å². The van der Waals surface area contributed by atoms with Gasteiger partial charge in [-0.25, -0.2) is 0 Å². The quantitative estimate of drug-likeness (QED) is 0.564. The van der Waals surface area contributed by atoms with E-state index in [4.69, 9.17) is 10.2 Å². The number of nitrogens with zero attached hydrogens (tertiary/aromatic N) is 4. The Morgan fingerprint density at radius 2 is 0.963 bits per heavy atom. The molecule has 0 aromatic carbocycles.